The van der Waals surface area contributed by atoms with Gasteiger partial charge in [0.1, 0.15) is 11.2 Å². The fourth-order valence-corrected chi connectivity index (χ4v) is 3.00. The molecule has 0 aliphatic heterocycles. The molecule has 0 bridgehead atoms. The third-order valence-electron chi connectivity index (χ3n) is 3.88. The molecule has 98 valence electrons. The molecular formula is C17H12O3. The van der Waals surface area contributed by atoms with Crippen molar-refractivity contribution in [1.29, 1.82) is 0 Å². The van der Waals surface area contributed by atoms with E-state index in [2.05, 4.69) is 0 Å². The van der Waals surface area contributed by atoms with Crippen molar-refractivity contribution in [3.63, 3.8) is 0 Å². The van der Waals surface area contributed by atoms with Crippen LogP contribution < -0.4 is 5.63 Å². The van der Waals surface area contributed by atoms with Crippen LogP contribution in [0.5, 0.6) is 0 Å². The molecule has 4 aromatic rings. The summed E-state index contributed by atoms with van der Waals surface area (Å²) in [5.74, 6) is 0. The SMILES string of the molecule is Cc1coc2cc3oc(=O)c4ccccc4c3c(C)c12. The topological polar surface area (TPSA) is 43.4 Å². The van der Waals surface area contributed by atoms with E-state index in [1.54, 1.807) is 18.4 Å². The van der Waals surface area contributed by atoms with Gasteiger partial charge in [-0.05, 0) is 31.0 Å². The molecular weight excluding hydrogens is 252 g/mol. The molecule has 0 unspecified atom stereocenters. The monoisotopic (exact) mass is 264 g/mol. The van der Waals surface area contributed by atoms with Crippen molar-refractivity contribution >= 4 is 32.7 Å². The number of benzene rings is 2. The highest BCUT2D eigenvalue weighted by atomic mass is 16.4. The number of furan rings is 1. The van der Waals surface area contributed by atoms with E-state index in [1.165, 1.54) is 0 Å². The van der Waals surface area contributed by atoms with Crippen molar-refractivity contribution in [3.05, 3.63) is 58.1 Å². The van der Waals surface area contributed by atoms with E-state index in [-0.39, 0.29) is 5.63 Å². The van der Waals surface area contributed by atoms with Crippen molar-refractivity contribution in [3.8, 4) is 0 Å². The Hall–Kier alpha value is -2.55. The standard InChI is InChI=1S/C17H12O3/c1-9-8-19-13-7-14-16(10(2)15(9)13)11-5-3-4-6-12(11)17(18)20-14/h3-8H,1-2H3. The van der Waals surface area contributed by atoms with Crippen LogP contribution in [0, 0.1) is 13.8 Å². The molecule has 0 radical (unpaired) electrons. The number of hydrogen-bond acceptors (Lipinski definition) is 3. The smallest absolute Gasteiger partial charge is 0.344 e. The molecule has 0 saturated carbocycles. The van der Waals surface area contributed by atoms with E-state index in [1.807, 2.05) is 32.0 Å². The quantitative estimate of drug-likeness (QED) is 0.351. The summed E-state index contributed by atoms with van der Waals surface area (Å²) in [5.41, 5.74) is 3.20. The highest BCUT2D eigenvalue weighted by Gasteiger charge is 2.14. The summed E-state index contributed by atoms with van der Waals surface area (Å²) >= 11 is 0. The van der Waals surface area contributed by atoms with Crippen LogP contribution in [0.4, 0.5) is 0 Å². The van der Waals surface area contributed by atoms with Crippen molar-refractivity contribution in [2.24, 2.45) is 0 Å². The Morgan fingerprint density at radius 3 is 2.50 bits per heavy atom. The van der Waals surface area contributed by atoms with Gasteiger partial charge in [0.25, 0.3) is 0 Å². The molecule has 0 spiro atoms. The molecule has 0 fully saturated rings. The minimum Gasteiger partial charge on any atom is -0.464 e. The molecule has 4 rings (SSSR count). The van der Waals surface area contributed by atoms with Gasteiger partial charge in [-0.2, -0.15) is 0 Å². The maximum atomic E-state index is 12.0. The average molecular weight is 264 g/mol. The van der Waals surface area contributed by atoms with E-state index >= 15 is 0 Å². The van der Waals surface area contributed by atoms with Gasteiger partial charge >= 0.3 is 5.63 Å². The van der Waals surface area contributed by atoms with Gasteiger partial charge in [-0.1, -0.05) is 18.2 Å². The predicted octanol–water partition coefficient (Wildman–Crippen LogP) is 4.31. The molecule has 0 amide bonds. The van der Waals surface area contributed by atoms with Crippen LogP contribution in [0.25, 0.3) is 32.7 Å². The van der Waals surface area contributed by atoms with Gasteiger partial charge in [0.05, 0.1) is 11.6 Å². The minimum atomic E-state index is -0.310. The van der Waals surface area contributed by atoms with Crippen LogP contribution in [0.3, 0.4) is 0 Å². The van der Waals surface area contributed by atoms with Crippen molar-refractivity contribution in [1.82, 2.24) is 0 Å². The molecule has 0 saturated heterocycles. The maximum Gasteiger partial charge on any atom is 0.344 e. The molecule has 0 aliphatic rings. The average Bonchev–Trinajstić information content (AvgIpc) is 2.80. The zero-order valence-corrected chi connectivity index (χ0v) is 11.2. The Morgan fingerprint density at radius 1 is 0.950 bits per heavy atom. The van der Waals surface area contributed by atoms with E-state index in [4.69, 9.17) is 8.83 Å². The first-order valence-corrected chi connectivity index (χ1v) is 6.50. The molecule has 2 aromatic carbocycles. The fraction of sp³-hybridized carbons (Fsp3) is 0.118. The number of rotatable bonds is 0. The predicted molar refractivity (Wildman–Crippen MR) is 79.2 cm³/mol. The molecule has 2 heterocycles. The zero-order chi connectivity index (χ0) is 13.9. The lowest BCUT2D eigenvalue weighted by Gasteiger charge is -2.07. The normalized spacial score (nSPS) is 11.7. The summed E-state index contributed by atoms with van der Waals surface area (Å²) in [7, 11) is 0. The summed E-state index contributed by atoms with van der Waals surface area (Å²) < 4.78 is 11.0. The Morgan fingerprint density at radius 2 is 1.70 bits per heavy atom. The van der Waals surface area contributed by atoms with Gasteiger partial charge in [0, 0.05) is 22.2 Å². The third kappa shape index (κ3) is 1.32. The summed E-state index contributed by atoms with van der Waals surface area (Å²) in [6.45, 7) is 4.06. The van der Waals surface area contributed by atoms with Crippen molar-refractivity contribution in [2.75, 3.05) is 0 Å². The van der Waals surface area contributed by atoms with Crippen LogP contribution in [-0.2, 0) is 0 Å². The van der Waals surface area contributed by atoms with Crippen LogP contribution in [0.1, 0.15) is 11.1 Å². The van der Waals surface area contributed by atoms with E-state index < -0.39 is 0 Å². The van der Waals surface area contributed by atoms with E-state index in [0.717, 1.165) is 32.9 Å². The lowest BCUT2D eigenvalue weighted by Crippen LogP contribution is -2.00. The first kappa shape index (κ1) is 11.3. The van der Waals surface area contributed by atoms with Gasteiger partial charge < -0.3 is 8.83 Å². The molecule has 2 aromatic heterocycles. The van der Waals surface area contributed by atoms with E-state index in [9.17, 15) is 4.79 Å². The largest absolute Gasteiger partial charge is 0.464 e. The van der Waals surface area contributed by atoms with Gasteiger partial charge in [-0.25, -0.2) is 4.79 Å². The first-order chi connectivity index (χ1) is 9.66. The van der Waals surface area contributed by atoms with Gasteiger partial charge in [0.2, 0.25) is 0 Å². The first-order valence-electron chi connectivity index (χ1n) is 6.50. The lowest BCUT2D eigenvalue weighted by atomic mass is 9.99. The second-order valence-electron chi connectivity index (χ2n) is 5.10. The Kier molecular flexibility index (Phi) is 2.11. The Bertz CT molecular complexity index is 1030. The molecule has 20 heavy (non-hydrogen) atoms. The molecule has 3 nitrogen and oxygen atoms in total. The van der Waals surface area contributed by atoms with Gasteiger partial charge in [-0.15, -0.1) is 0 Å². The lowest BCUT2D eigenvalue weighted by molar-refractivity contribution is 0.567. The van der Waals surface area contributed by atoms with Crippen LogP contribution in [-0.4, -0.2) is 0 Å². The summed E-state index contributed by atoms with van der Waals surface area (Å²) in [6, 6.07) is 9.35. The Balaban J connectivity index is 2.40. The minimum absolute atomic E-state index is 0.310. The van der Waals surface area contributed by atoms with Crippen LogP contribution >= 0.6 is 0 Å². The third-order valence-corrected chi connectivity index (χ3v) is 3.88. The number of aryl methyl sites for hydroxylation is 2. The van der Waals surface area contributed by atoms with E-state index in [0.29, 0.717) is 11.0 Å². The van der Waals surface area contributed by atoms with Gasteiger partial charge in [-0.3, -0.25) is 0 Å². The zero-order valence-electron chi connectivity index (χ0n) is 11.2. The second kappa shape index (κ2) is 3.73. The van der Waals surface area contributed by atoms with Crippen LogP contribution in [0.15, 0.2) is 50.2 Å². The highest BCUT2D eigenvalue weighted by molar-refractivity contribution is 6.11. The summed E-state index contributed by atoms with van der Waals surface area (Å²) in [6.07, 6.45) is 1.73. The summed E-state index contributed by atoms with van der Waals surface area (Å²) in [5, 5.41) is 3.62. The maximum absolute atomic E-state index is 12.0. The fourth-order valence-electron chi connectivity index (χ4n) is 3.00. The number of hydrogen-bond donors (Lipinski definition) is 0. The van der Waals surface area contributed by atoms with Crippen molar-refractivity contribution < 1.29 is 8.83 Å². The number of fused-ring (bicyclic) bond motifs is 4. The molecule has 0 N–H and O–H groups in total. The summed E-state index contributed by atoms with van der Waals surface area (Å²) in [4.78, 5) is 12.0. The second-order valence-corrected chi connectivity index (χ2v) is 5.10. The van der Waals surface area contributed by atoms with Crippen molar-refractivity contribution in [2.45, 2.75) is 13.8 Å². The van der Waals surface area contributed by atoms with Crippen LogP contribution in [0.2, 0.25) is 0 Å². The molecule has 0 aliphatic carbocycles. The molecule has 0 atom stereocenters. The van der Waals surface area contributed by atoms with Gasteiger partial charge in [0.15, 0.2) is 0 Å². The molecule has 3 heteroatoms. The highest BCUT2D eigenvalue weighted by Crippen LogP contribution is 2.34. The Labute approximate surface area is 114 Å².